The van der Waals surface area contributed by atoms with E-state index in [1.807, 2.05) is 37.5 Å². The predicted octanol–water partition coefficient (Wildman–Crippen LogP) is 3.89. The summed E-state index contributed by atoms with van der Waals surface area (Å²) in [6.45, 7) is 5.98. The SMILES string of the molecule is Cc1cccc(-c2cnc(N3CCC(C(=O)NCc4ccc(C)o4)CC3)nc2)c1. The molecule has 6 nitrogen and oxygen atoms in total. The van der Waals surface area contributed by atoms with Crippen molar-refractivity contribution in [1.82, 2.24) is 15.3 Å². The Hall–Kier alpha value is -3.15. The van der Waals surface area contributed by atoms with Gasteiger partial charge in [0, 0.05) is 37.0 Å². The first-order chi connectivity index (χ1) is 14.1. The molecule has 4 rings (SSSR count). The van der Waals surface area contributed by atoms with E-state index >= 15 is 0 Å². The van der Waals surface area contributed by atoms with Gasteiger partial charge in [0.1, 0.15) is 11.5 Å². The molecule has 0 spiro atoms. The number of rotatable bonds is 5. The molecule has 1 amide bonds. The Morgan fingerprint density at radius 3 is 2.52 bits per heavy atom. The van der Waals surface area contributed by atoms with Crippen LogP contribution in [0.15, 0.2) is 53.2 Å². The van der Waals surface area contributed by atoms with Gasteiger partial charge in [-0.05, 0) is 44.4 Å². The van der Waals surface area contributed by atoms with E-state index in [1.54, 1.807) is 0 Å². The third-order valence-electron chi connectivity index (χ3n) is 5.37. The Labute approximate surface area is 171 Å². The van der Waals surface area contributed by atoms with Gasteiger partial charge < -0.3 is 14.6 Å². The fraction of sp³-hybridized carbons (Fsp3) is 0.348. The Balaban J connectivity index is 1.30. The zero-order chi connectivity index (χ0) is 20.2. The molecule has 1 aromatic carbocycles. The molecule has 2 aromatic heterocycles. The monoisotopic (exact) mass is 390 g/mol. The Morgan fingerprint density at radius 2 is 1.86 bits per heavy atom. The fourth-order valence-corrected chi connectivity index (χ4v) is 3.70. The highest BCUT2D eigenvalue weighted by Crippen LogP contribution is 2.23. The maximum atomic E-state index is 12.4. The number of hydrogen-bond donors (Lipinski definition) is 1. The topological polar surface area (TPSA) is 71.3 Å². The molecule has 3 aromatic rings. The van der Waals surface area contributed by atoms with Gasteiger partial charge in [-0.25, -0.2) is 9.97 Å². The van der Waals surface area contributed by atoms with Crippen LogP contribution in [0.3, 0.4) is 0 Å². The molecule has 6 heteroatoms. The maximum Gasteiger partial charge on any atom is 0.225 e. The molecule has 150 valence electrons. The number of anilines is 1. The Morgan fingerprint density at radius 1 is 1.10 bits per heavy atom. The van der Waals surface area contributed by atoms with Crippen molar-refractivity contribution in [1.29, 1.82) is 0 Å². The quantitative estimate of drug-likeness (QED) is 0.716. The Bertz CT molecular complexity index is 973. The van der Waals surface area contributed by atoms with Crippen LogP contribution in [0.1, 0.15) is 29.9 Å². The van der Waals surface area contributed by atoms with Gasteiger partial charge in [0.05, 0.1) is 6.54 Å². The molecule has 1 aliphatic heterocycles. The number of furan rings is 1. The van der Waals surface area contributed by atoms with Crippen molar-refractivity contribution in [2.24, 2.45) is 5.92 Å². The van der Waals surface area contributed by atoms with E-state index in [-0.39, 0.29) is 11.8 Å². The summed E-state index contributed by atoms with van der Waals surface area (Å²) in [6, 6.07) is 12.1. The number of carbonyl (C=O) groups is 1. The van der Waals surface area contributed by atoms with E-state index in [0.29, 0.717) is 6.54 Å². The summed E-state index contributed by atoms with van der Waals surface area (Å²) in [6.07, 6.45) is 5.35. The first kappa shape index (κ1) is 19.2. The zero-order valence-electron chi connectivity index (χ0n) is 16.9. The second kappa shape index (κ2) is 8.47. The van der Waals surface area contributed by atoms with Crippen LogP contribution in [0, 0.1) is 19.8 Å². The van der Waals surface area contributed by atoms with E-state index in [9.17, 15) is 4.79 Å². The summed E-state index contributed by atoms with van der Waals surface area (Å²) in [5, 5.41) is 2.98. The number of hydrogen-bond acceptors (Lipinski definition) is 5. The van der Waals surface area contributed by atoms with Crippen LogP contribution >= 0.6 is 0 Å². The van der Waals surface area contributed by atoms with E-state index in [1.165, 1.54) is 5.56 Å². The summed E-state index contributed by atoms with van der Waals surface area (Å²) in [5.41, 5.74) is 3.35. The molecule has 1 fully saturated rings. The van der Waals surface area contributed by atoms with Gasteiger partial charge in [-0.2, -0.15) is 0 Å². The van der Waals surface area contributed by atoms with Crippen LogP contribution in [-0.4, -0.2) is 29.0 Å². The van der Waals surface area contributed by atoms with Crippen LogP contribution in [0.25, 0.3) is 11.1 Å². The van der Waals surface area contributed by atoms with Crippen molar-refractivity contribution in [2.45, 2.75) is 33.2 Å². The number of aromatic nitrogens is 2. The standard InChI is InChI=1S/C23H26N4O2/c1-16-4-3-5-19(12-16)20-13-25-23(26-14-20)27-10-8-18(9-11-27)22(28)24-15-21-7-6-17(2)29-21/h3-7,12-14,18H,8-11,15H2,1-2H3,(H,24,28). The van der Waals surface area contributed by atoms with Crippen molar-refractivity contribution in [3.05, 3.63) is 65.9 Å². The third kappa shape index (κ3) is 4.65. The van der Waals surface area contributed by atoms with E-state index in [0.717, 1.165) is 54.5 Å². The number of aryl methyl sites for hydroxylation is 2. The smallest absolute Gasteiger partial charge is 0.225 e. The lowest BCUT2D eigenvalue weighted by Crippen LogP contribution is -2.41. The lowest BCUT2D eigenvalue weighted by molar-refractivity contribution is -0.125. The largest absolute Gasteiger partial charge is 0.465 e. The van der Waals surface area contributed by atoms with E-state index in [4.69, 9.17) is 4.42 Å². The average molecular weight is 390 g/mol. The van der Waals surface area contributed by atoms with Gasteiger partial charge in [-0.1, -0.05) is 29.8 Å². The summed E-state index contributed by atoms with van der Waals surface area (Å²) >= 11 is 0. The number of carbonyl (C=O) groups excluding carboxylic acids is 1. The normalized spacial score (nSPS) is 14.8. The molecule has 1 aliphatic rings. The van der Waals surface area contributed by atoms with Gasteiger partial charge in [0.2, 0.25) is 11.9 Å². The minimum absolute atomic E-state index is 0.0221. The fourth-order valence-electron chi connectivity index (χ4n) is 3.70. The molecule has 29 heavy (non-hydrogen) atoms. The molecular weight excluding hydrogens is 364 g/mol. The highest BCUT2D eigenvalue weighted by molar-refractivity contribution is 5.78. The highest BCUT2D eigenvalue weighted by Gasteiger charge is 2.26. The number of nitrogens with one attached hydrogen (secondary N) is 1. The molecule has 0 aliphatic carbocycles. The van der Waals surface area contributed by atoms with Crippen LogP contribution < -0.4 is 10.2 Å². The van der Waals surface area contributed by atoms with Gasteiger partial charge >= 0.3 is 0 Å². The highest BCUT2D eigenvalue weighted by atomic mass is 16.3. The second-order valence-electron chi connectivity index (χ2n) is 7.63. The van der Waals surface area contributed by atoms with Crippen molar-refractivity contribution in [2.75, 3.05) is 18.0 Å². The zero-order valence-corrected chi connectivity index (χ0v) is 16.9. The average Bonchev–Trinajstić information content (AvgIpc) is 3.17. The minimum Gasteiger partial charge on any atom is -0.465 e. The molecule has 0 atom stereocenters. The number of benzene rings is 1. The van der Waals surface area contributed by atoms with Crippen LogP contribution in [0.4, 0.5) is 5.95 Å². The Kier molecular flexibility index (Phi) is 5.60. The van der Waals surface area contributed by atoms with Crippen molar-refractivity contribution >= 4 is 11.9 Å². The number of amides is 1. The van der Waals surface area contributed by atoms with E-state index in [2.05, 4.69) is 45.3 Å². The maximum absolute atomic E-state index is 12.4. The van der Waals surface area contributed by atoms with Gasteiger partial charge in [0.15, 0.2) is 0 Å². The summed E-state index contributed by atoms with van der Waals surface area (Å²) in [4.78, 5) is 23.7. The molecule has 3 heterocycles. The minimum atomic E-state index is 0.0221. The van der Waals surface area contributed by atoms with Crippen LogP contribution in [0.2, 0.25) is 0 Å². The van der Waals surface area contributed by atoms with Crippen molar-refractivity contribution < 1.29 is 9.21 Å². The predicted molar refractivity (Wildman–Crippen MR) is 112 cm³/mol. The van der Waals surface area contributed by atoms with Crippen molar-refractivity contribution in [3.63, 3.8) is 0 Å². The molecule has 0 unspecified atom stereocenters. The van der Waals surface area contributed by atoms with Crippen LogP contribution in [0.5, 0.6) is 0 Å². The molecule has 0 bridgehead atoms. The van der Waals surface area contributed by atoms with Gasteiger partial charge in [-0.3, -0.25) is 4.79 Å². The molecule has 0 saturated carbocycles. The van der Waals surface area contributed by atoms with E-state index < -0.39 is 0 Å². The van der Waals surface area contributed by atoms with Gasteiger partial charge in [-0.15, -0.1) is 0 Å². The molecule has 1 saturated heterocycles. The third-order valence-corrected chi connectivity index (χ3v) is 5.37. The first-order valence-electron chi connectivity index (χ1n) is 10.1. The first-order valence-corrected chi connectivity index (χ1v) is 10.1. The second-order valence-corrected chi connectivity index (χ2v) is 7.63. The van der Waals surface area contributed by atoms with Gasteiger partial charge in [0.25, 0.3) is 0 Å². The summed E-state index contributed by atoms with van der Waals surface area (Å²) in [5.74, 6) is 2.49. The number of nitrogens with zero attached hydrogens (tertiary/aromatic N) is 3. The number of piperidine rings is 1. The molecular formula is C23H26N4O2. The summed E-state index contributed by atoms with van der Waals surface area (Å²) < 4.78 is 5.50. The lowest BCUT2D eigenvalue weighted by Gasteiger charge is -2.31. The van der Waals surface area contributed by atoms with Crippen LogP contribution in [-0.2, 0) is 11.3 Å². The van der Waals surface area contributed by atoms with Crippen molar-refractivity contribution in [3.8, 4) is 11.1 Å². The molecule has 0 radical (unpaired) electrons. The molecule has 1 N–H and O–H groups in total. The lowest BCUT2D eigenvalue weighted by atomic mass is 9.96. The summed E-state index contributed by atoms with van der Waals surface area (Å²) in [7, 11) is 0.